The van der Waals surface area contributed by atoms with E-state index in [2.05, 4.69) is 25.2 Å². The number of unbranched alkanes of at least 4 members (excludes halogenated alkanes) is 10. The fourth-order valence-electron chi connectivity index (χ4n) is 5.21. The summed E-state index contributed by atoms with van der Waals surface area (Å²) in [6.07, 6.45) is 26.6. The van der Waals surface area contributed by atoms with Gasteiger partial charge in [-0.2, -0.15) is 0 Å². The van der Waals surface area contributed by atoms with E-state index in [0.717, 1.165) is 13.0 Å². The Bertz CT molecular complexity index is 453. The number of methoxy groups -OCH3 is 1. The van der Waals surface area contributed by atoms with E-state index >= 15 is 0 Å². The first kappa shape index (κ1) is 23.7. The second-order valence-corrected chi connectivity index (χ2v) is 9.24. The molecule has 2 nitrogen and oxygen atoms in total. The van der Waals surface area contributed by atoms with Gasteiger partial charge in [0.05, 0.1) is 6.10 Å². The highest BCUT2D eigenvalue weighted by molar-refractivity contribution is 5.21. The molecule has 162 valence electrons. The number of ether oxygens (including phenoxy) is 1. The van der Waals surface area contributed by atoms with Crippen LogP contribution in [0.25, 0.3) is 0 Å². The summed E-state index contributed by atoms with van der Waals surface area (Å²) in [6.45, 7) is 3.17. The molecule has 0 aliphatic heterocycles. The molecular formula is C26H46O2. The summed E-state index contributed by atoms with van der Waals surface area (Å²) in [7, 11) is 1.79. The van der Waals surface area contributed by atoms with Gasteiger partial charge in [-0.3, -0.25) is 0 Å². The maximum atomic E-state index is 10.5. The van der Waals surface area contributed by atoms with Gasteiger partial charge in [-0.15, -0.1) is 0 Å². The summed E-state index contributed by atoms with van der Waals surface area (Å²) in [4.78, 5) is 0. The molecule has 0 aromatic rings. The van der Waals surface area contributed by atoms with Crippen molar-refractivity contribution in [3.05, 3.63) is 23.8 Å². The van der Waals surface area contributed by atoms with Crippen LogP contribution in [-0.2, 0) is 4.74 Å². The third-order valence-corrected chi connectivity index (χ3v) is 6.86. The van der Waals surface area contributed by atoms with E-state index < -0.39 is 0 Å². The average Bonchev–Trinajstić information content (AvgIpc) is 3.20. The lowest BCUT2D eigenvalue weighted by atomic mass is 9.91. The summed E-state index contributed by atoms with van der Waals surface area (Å²) < 4.78 is 5.14. The highest BCUT2D eigenvalue weighted by atomic mass is 16.5. The molecule has 0 bridgehead atoms. The number of fused-ring (bicyclic) bond motifs is 1. The maximum Gasteiger partial charge on any atom is 0.0611 e. The molecule has 2 unspecified atom stereocenters. The highest BCUT2D eigenvalue weighted by Gasteiger charge is 2.42. The number of rotatable bonds is 16. The van der Waals surface area contributed by atoms with E-state index in [-0.39, 0.29) is 6.10 Å². The number of aliphatic hydroxyl groups is 1. The van der Waals surface area contributed by atoms with Crippen molar-refractivity contribution in [3.63, 3.8) is 0 Å². The average molecular weight is 391 g/mol. The van der Waals surface area contributed by atoms with Crippen LogP contribution in [0.2, 0.25) is 0 Å². The molecule has 0 aromatic heterocycles. The Balaban J connectivity index is 1.61. The zero-order chi connectivity index (χ0) is 20.0. The van der Waals surface area contributed by atoms with Crippen LogP contribution in [0.5, 0.6) is 0 Å². The summed E-state index contributed by atoms with van der Waals surface area (Å²) in [6, 6.07) is 0. The molecule has 28 heavy (non-hydrogen) atoms. The second-order valence-electron chi connectivity index (χ2n) is 9.24. The van der Waals surface area contributed by atoms with Gasteiger partial charge >= 0.3 is 0 Å². The second kappa shape index (κ2) is 14.4. The topological polar surface area (TPSA) is 29.5 Å². The molecular weight excluding hydrogens is 344 g/mol. The molecule has 1 saturated carbocycles. The monoisotopic (exact) mass is 390 g/mol. The van der Waals surface area contributed by atoms with E-state index in [9.17, 15) is 5.11 Å². The van der Waals surface area contributed by atoms with Gasteiger partial charge in [-0.05, 0) is 56.8 Å². The summed E-state index contributed by atoms with van der Waals surface area (Å²) >= 11 is 0. The van der Waals surface area contributed by atoms with Crippen LogP contribution in [-0.4, -0.2) is 24.9 Å². The smallest absolute Gasteiger partial charge is 0.0611 e. The zero-order valence-corrected chi connectivity index (χ0v) is 18.7. The van der Waals surface area contributed by atoms with Crippen molar-refractivity contribution < 1.29 is 9.84 Å². The van der Waals surface area contributed by atoms with Crippen molar-refractivity contribution >= 4 is 0 Å². The van der Waals surface area contributed by atoms with Crippen LogP contribution in [0.1, 0.15) is 103 Å². The molecule has 0 heterocycles. The first-order chi connectivity index (χ1) is 13.8. The molecule has 1 fully saturated rings. The van der Waals surface area contributed by atoms with Gasteiger partial charge in [0.15, 0.2) is 0 Å². The molecule has 0 amide bonds. The van der Waals surface area contributed by atoms with Crippen molar-refractivity contribution in [2.45, 2.75) is 109 Å². The minimum Gasteiger partial charge on any atom is -0.392 e. The van der Waals surface area contributed by atoms with Crippen LogP contribution >= 0.6 is 0 Å². The molecule has 0 radical (unpaired) electrons. The summed E-state index contributed by atoms with van der Waals surface area (Å²) in [5, 5.41) is 10.5. The number of aliphatic hydroxyl groups excluding tert-OH is 1. The molecule has 1 N–H and O–H groups in total. The minimum atomic E-state index is -0.121. The van der Waals surface area contributed by atoms with Gasteiger partial charge < -0.3 is 9.84 Å². The molecule has 4 atom stereocenters. The lowest BCUT2D eigenvalue weighted by Crippen LogP contribution is -2.15. The Labute approximate surface area is 174 Å². The van der Waals surface area contributed by atoms with Crippen molar-refractivity contribution in [3.8, 4) is 0 Å². The van der Waals surface area contributed by atoms with Gasteiger partial charge in [-0.1, -0.05) is 82.1 Å². The van der Waals surface area contributed by atoms with Crippen LogP contribution < -0.4 is 0 Å². The Kier molecular flexibility index (Phi) is 12.2. The number of hydrogen-bond donors (Lipinski definition) is 1. The molecule has 0 aromatic carbocycles. The van der Waals surface area contributed by atoms with Gasteiger partial charge in [-0.25, -0.2) is 0 Å². The van der Waals surface area contributed by atoms with Gasteiger partial charge in [0.2, 0.25) is 0 Å². The molecule has 2 heteroatoms. The molecule has 0 saturated heterocycles. The first-order valence-electron chi connectivity index (χ1n) is 12.3. The van der Waals surface area contributed by atoms with Crippen LogP contribution in [0.4, 0.5) is 0 Å². The van der Waals surface area contributed by atoms with Gasteiger partial charge in [0.25, 0.3) is 0 Å². The summed E-state index contributed by atoms with van der Waals surface area (Å²) in [5.41, 5.74) is 1.65. The lowest BCUT2D eigenvalue weighted by molar-refractivity contribution is 0.145. The van der Waals surface area contributed by atoms with Crippen LogP contribution in [0, 0.1) is 17.8 Å². The SMILES string of the molecule is CCCCCCCCCC/C=C/[C@@H]1C2C=C(CCCCCOC)CC2C[C@H]1O. The predicted octanol–water partition coefficient (Wildman–Crippen LogP) is 7.22. The van der Waals surface area contributed by atoms with E-state index in [0.29, 0.717) is 17.8 Å². The summed E-state index contributed by atoms with van der Waals surface area (Å²) in [5.74, 6) is 1.66. The number of allylic oxidation sites excluding steroid dienone is 3. The van der Waals surface area contributed by atoms with E-state index in [1.165, 1.54) is 89.9 Å². The number of hydrogen-bond acceptors (Lipinski definition) is 2. The predicted molar refractivity (Wildman–Crippen MR) is 121 cm³/mol. The van der Waals surface area contributed by atoms with Crippen LogP contribution in [0.15, 0.2) is 23.8 Å². The fourth-order valence-corrected chi connectivity index (χ4v) is 5.21. The minimum absolute atomic E-state index is 0.121. The third-order valence-electron chi connectivity index (χ3n) is 6.86. The van der Waals surface area contributed by atoms with E-state index in [1.54, 1.807) is 12.7 Å². The van der Waals surface area contributed by atoms with Gasteiger partial charge in [0, 0.05) is 19.6 Å². The molecule has 2 rings (SSSR count). The Morgan fingerprint density at radius 3 is 2.46 bits per heavy atom. The third kappa shape index (κ3) is 8.41. The van der Waals surface area contributed by atoms with Crippen molar-refractivity contribution in [2.24, 2.45) is 17.8 Å². The van der Waals surface area contributed by atoms with Gasteiger partial charge in [0.1, 0.15) is 0 Å². The fraction of sp³-hybridized carbons (Fsp3) is 0.846. The van der Waals surface area contributed by atoms with E-state index in [1.807, 2.05) is 0 Å². The highest BCUT2D eigenvalue weighted by Crippen LogP contribution is 2.48. The molecule has 2 aliphatic rings. The van der Waals surface area contributed by atoms with E-state index in [4.69, 9.17) is 4.74 Å². The lowest BCUT2D eigenvalue weighted by Gasteiger charge is -2.15. The molecule has 0 spiro atoms. The largest absolute Gasteiger partial charge is 0.392 e. The Hall–Kier alpha value is -0.600. The normalized spacial score (nSPS) is 26.9. The maximum absolute atomic E-state index is 10.5. The van der Waals surface area contributed by atoms with Crippen LogP contribution in [0.3, 0.4) is 0 Å². The quantitative estimate of drug-likeness (QED) is 0.222. The zero-order valence-electron chi connectivity index (χ0n) is 18.7. The van der Waals surface area contributed by atoms with Crippen molar-refractivity contribution in [1.29, 1.82) is 0 Å². The Morgan fingerprint density at radius 2 is 1.71 bits per heavy atom. The first-order valence-corrected chi connectivity index (χ1v) is 12.3. The van der Waals surface area contributed by atoms with Crippen molar-refractivity contribution in [1.82, 2.24) is 0 Å². The standard InChI is InChI=1S/C26H46O2/c1-3-4-5-6-7-8-9-10-11-14-17-24-25-20-22(16-13-12-15-18-28-2)19-23(25)21-26(24)27/h14,17,20,23-27H,3-13,15-16,18-19,21H2,1-2H3/b17-14+/t23?,24-,25?,26-/m1/s1. The Morgan fingerprint density at radius 1 is 1.00 bits per heavy atom. The molecule has 2 aliphatic carbocycles. The van der Waals surface area contributed by atoms with Crippen molar-refractivity contribution in [2.75, 3.05) is 13.7 Å².